The molecule has 1 aliphatic rings. The molecule has 0 saturated carbocycles. The molecule has 1 N–H and O–H groups in total. The number of aryl methyl sites for hydroxylation is 2. The first-order chi connectivity index (χ1) is 10.0. The van der Waals surface area contributed by atoms with Crippen molar-refractivity contribution in [1.82, 2.24) is 10.2 Å². The van der Waals surface area contributed by atoms with E-state index in [1.165, 1.54) is 23.8 Å². The average molecular weight is 290 g/mol. The molecular formula is C16H22N2O3. The Morgan fingerprint density at radius 3 is 2.76 bits per heavy atom. The van der Waals surface area contributed by atoms with Crippen LogP contribution in [-0.4, -0.2) is 37.1 Å². The van der Waals surface area contributed by atoms with Gasteiger partial charge in [0.2, 0.25) is 5.91 Å². The molecule has 0 spiro atoms. The summed E-state index contributed by atoms with van der Waals surface area (Å²) in [6, 6.07) is 6.44. The maximum Gasteiger partial charge on any atom is 0.407 e. The Bertz CT molecular complexity index is 542. The maximum absolute atomic E-state index is 12.3. The van der Waals surface area contributed by atoms with Crippen LogP contribution in [0.4, 0.5) is 4.79 Å². The molecule has 5 nitrogen and oxygen atoms in total. The number of likely N-dealkylation sites (tertiary alicyclic amines) is 1. The molecular weight excluding hydrogens is 268 g/mol. The summed E-state index contributed by atoms with van der Waals surface area (Å²) in [5.74, 6) is -0.0684. The number of carbonyl (C=O) groups excluding carboxylic acids is 2. The summed E-state index contributed by atoms with van der Waals surface area (Å²) in [6.07, 6.45) is 1.37. The molecule has 0 aliphatic carbocycles. The summed E-state index contributed by atoms with van der Waals surface area (Å²) in [7, 11) is 1.29. The molecule has 1 saturated heterocycles. The van der Waals surface area contributed by atoms with Crippen molar-refractivity contribution in [3.05, 3.63) is 34.9 Å². The molecule has 1 fully saturated rings. The third kappa shape index (κ3) is 3.54. The van der Waals surface area contributed by atoms with Crippen molar-refractivity contribution in [2.75, 3.05) is 20.2 Å². The second-order valence-corrected chi connectivity index (χ2v) is 5.43. The van der Waals surface area contributed by atoms with Crippen LogP contribution in [0.15, 0.2) is 18.2 Å². The molecule has 21 heavy (non-hydrogen) atoms. The average Bonchev–Trinajstić information content (AvgIpc) is 2.96. The SMILES string of the molecule is COC(=O)NCC(=O)N1CCC[C@H]1c1ccc(C)c(C)c1. The molecule has 2 amide bonds. The summed E-state index contributed by atoms with van der Waals surface area (Å²) in [5, 5.41) is 2.45. The smallest absolute Gasteiger partial charge is 0.407 e. The van der Waals surface area contributed by atoms with Crippen molar-refractivity contribution in [1.29, 1.82) is 0 Å². The van der Waals surface area contributed by atoms with Gasteiger partial charge in [-0.15, -0.1) is 0 Å². The molecule has 0 unspecified atom stereocenters. The zero-order valence-corrected chi connectivity index (χ0v) is 12.8. The van der Waals surface area contributed by atoms with Crippen molar-refractivity contribution in [2.45, 2.75) is 32.7 Å². The number of hydrogen-bond donors (Lipinski definition) is 1. The molecule has 5 heteroatoms. The molecule has 1 aromatic rings. The van der Waals surface area contributed by atoms with E-state index in [1.807, 2.05) is 4.90 Å². The van der Waals surface area contributed by atoms with Gasteiger partial charge in [0.1, 0.15) is 6.54 Å². The van der Waals surface area contributed by atoms with E-state index >= 15 is 0 Å². The quantitative estimate of drug-likeness (QED) is 0.929. The fourth-order valence-corrected chi connectivity index (χ4v) is 2.71. The summed E-state index contributed by atoms with van der Waals surface area (Å²) in [4.78, 5) is 25.2. The lowest BCUT2D eigenvalue weighted by molar-refractivity contribution is -0.131. The highest BCUT2D eigenvalue weighted by Gasteiger charge is 2.30. The number of hydrogen-bond acceptors (Lipinski definition) is 3. The standard InChI is InChI=1S/C16H22N2O3/c1-11-6-7-13(9-12(11)2)14-5-4-8-18(14)15(19)10-17-16(20)21-3/h6-7,9,14H,4-5,8,10H2,1-3H3,(H,17,20)/t14-/m0/s1. The van der Waals surface area contributed by atoms with Gasteiger partial charge >= 0.3 is 6.09 Å². The highest BCUT2D eigenvalue weighted by Crippen LogP contribution is 2.32. The van der Waals surface area contributed by atoms with Crippen LogP contribution in [0.1, 0.15) is 35.6 Å². The number of methoxy groups -OCH3 is 1. The molecule has 0 radical (unpaired) electrons. The number of rotatable bonds is 3. The minimum atomic E-state index is -0.578. The van der Waals surface area contributed by atoms with Crippen LogP contribution >= 0.6 is 0 Å². The Hall–Kier alpha value is -2.04. The number of benzene rings is 1. The minimum absolute atomic E-state index is 0.0198. The van der Waals surface area contributed by atoms with Crippen molar-refractivity contribution in [3.8, 4) is 0 Å². The number of alkyl carbamates (subject to hydrolysis) is 1. The van der Waals surface area contributed by atoms with Gasteiger partial charge in [0.25, 0.3) is 0 Å². The largest absolute Gasteiger partial charge is 0.453 e. The van der Waals surface area contributed by atoms with E-state index in [1.54, 1.807) is 0 Å². The Balaban J connectivity index is 2.07. The summed E-state index contributed by atoms with van der Waals surface area (Å²) in [5.41, 5.74) is 3.66. The van der Waals surface area contributed by atoms with Gasteiger partial charge in [0, 0.05) is 6.54 Å². The predicted molar refractivity (Wildman–Crippen MR) is 80.0 cm³/mol. The predicted octanol–water partition coefficient (Wildman–Crippen LogP) is 2.32. The minimum Gasteiger partial charge on any atom is -0.453 e. The van der Waals surface area contributed by atoms with Gasteiger partial charge < -0.3 is 15.0 Å². The van der Waals surface area contributed by atoms with Crippen molar-refractivity contribution < 1.29 is 14.3 Å². The van der Waals surface area contributed by atoms with Crippen molar-refractivity contribution >= 4 is 12.0 Å². The van der Waals surface area contributed by atoms with Crippen LogP contribution < -0.4 is 5.32 Å². The molecule has 1 atom stereocenters. The Morgan fingerprint density at radius 1 is 1.33 bits per heavy atom. The zero-order valence-electron chi connectivity index (χ0n) is 12.8. The second-order valence-electron chi connectivity index (χ2n) is 5.43. The monoisotopic (exact) mass is 290 g/mol. The van der Waals surface area contributed by atoms with Crippen molar-refractivity contribution in [2.24, 2.45) is 0 Å². The number of nitrogens with zero attached hydrogens (tertiary/aromatic N) is 1. The van der Waals surface area contributed by atoms with Crippen LogP contribution in [-0.2, 0) is 9.53 Å². The van der Waals surface area contributed by atoms with Gasteiger partial charge in [-0.3, -0.25) is 4.79 Å². The normalized spacial score (nSPS) is 17.7. The Kier molecular flexibility index (Phi) is 4.83. The Labute approximate surface area is 125 Å². The molecule has 0 bridgehead atoms. The summed E-state index contributed by atoms with van der Waals surface area (Å²) in [6.45, 7) is 4.88. The van der Waals surface area contributed by atoms with Gasteiger partial charge in [-0.25, -0.2) is 4.79 Å². The van der Waals surface area contributed by atoms with Gasteiger partial charge in [-0.2, -0.15) is 0 Å². The third-order valence-electron chi connectivity index (χ3n) is 4.06. The van der Waals surface area contributed by atoms with E-state index < -0.39 is 6.09 Å². The van der Waals surface area contributed by atoms with E-state index in [0.29, 0.717) is 0 Å². The van der Waals surface area contributed by atoms with E-state index in [-0.39, 0.29) is 18.5 Å². The van der Waals surface area contributed by atoms with Gasteiger partial charge in [0.05, 0.1) is 13.2 Å². The first-order valence-electron chi connectivity index (χ1n) is 7.21. The van der Waals surface area contributed by atoms with Gasteiger partial charge in [-0.1, -0.05) is 18.2 Å². The lowest BCUT2D eigenvalue weighted by atomic mass is 9.99. The third-order valence-corrected chi connectivity index (χ3v) is 4.06. The Morgan fingerprint density at radius 2 is 2.10 bits per heavy atom. The summed E-state index contributed by atoms with van der Waals surface area (Å²) >= 11 is 0. The first kappa shape index (κ1) is 15.4. The first-order valence-corrected chi connectivity index (χ1v) is 7.21. The van der Waals surface area contributed by atoms with Crippen LogP contribution in [0.5, 0.6) is 0 Å². The van der Waals surface area contributed by atoms with Crippen molar-refractivity contribution in [3.63, 3.8) is 0 Å². The van der Waals surface area contributed by atoms with E-state index in [9.17, 15) is 9.59 Å². The maximum atomic E-state index is 12.3. The molecule has 1 aliphatic heterocycles. The molecule has 114 valence electrons. The lowest BCUT2D eigenvalue weighted by Crippen LogP contribution is -2.39. The topological polar surface area (TPSA) is 58.6 Å². The molecule has 0 aromatic heterocycles. The summed E-state index contributed by atoms with van der Waals surface area (Å²) < 4.78 is 4.48. The fraction of sp³-hybridized carbons (Fsp3) is 0.500. The van der Waals surface area contributed by atoms with E-state index in [2.05, 4.69) is 42.1 Å². The van der Waals surface area contributed by atoms with Crippen LogP contribution in [0, 0.1) is 13.8 Å². The number of amides is 2. The number of ether oxygens (including phenoxy) is 1. The molecule has 1 aromatic carbocycles. The highest BCUT2D eigenvalue weighted by molar-refractivity contribution is 5.82. The lowest BCUT2D eigenvalue weighted by Gasteiger charge is -2.25. The van der Waals surface area contributed by atoms with E-state index in [0.717, 1.165) is 19.4 Å². The fourth-order valence-electron chi connectivity index (χ4n) is 2.71. The van der Waals surface area contributed by atoms with Crippen LogP contribution in [0.3, 0.4) is 0 Å². The second kappa shape index (κ2) is 6.61. The zero-order chi connectivity index (χ0) is 15.4. The van der Waals surface area contributed by atoms with Gasteiger partial charge in [0.15, 0.2) is 0 Å². The van der Waals surface area contributed by atoms with Gasteiger partial charge in [-0.05, 0) is 43.4 Å². The number of carbonyl (C=O) groups is 2. The van der Waals surface area contributed by atoms with Crippen LogP contribution in [0.25, 0.3) is 0 Å². The van der Waals surface area contributed by atoms with Crippen LogP contribution in [0.2, 0.25) is 0 Å². The molecule has 1 heterocycles. The van der Waals surface area contributed by atoms with E-state index in [4.69, 9.17) is 0 Å². The number of nitrogens with one attached hydrogen (secondary N) is 1. The molecule has 2 rings (SSSR count). The highest BCUT2D eigenvalue weighted by atomic mass is 16.5.